The Morgan fingerprint density at radius 3 is 2.74 bits per heavy atom. The summed E-state index contributed by atoms with van der Waals surface area (Å²) in [5, 5.41) is 3.32. The van der Waals surface area contributed by atoms with Crippen molar-refractivity contribution in [1.82, 2.24) is 4.90 Å². The van der Waals surface area contributed by atoms with Crippen LogP contribution in [0.4, 0.5) is 10.1 Å². The monoisotopic (exact) mass is 266 g/mol. The third-order valence-corrected chi connectivity index (χ3v) is 3.47. The van der Waals surface area contributed by atoms with Crippen molar-refractivity contribution >= 4 is 11.7 Å². The van der Waals surface area contributed by atoms with E-state index in [1.54, 1.807) is 6.07 Å². The normalized spacial score (nSPS) is 17.2. The summed E-state index contributed by atoms with van der Waals surface area (Å²) in [7, 11) is 3.39. The summed E-state index contributed by atoms with van der Waals surface area (Å²) in [6.07, 6.45) is 2.02. The van der Waals surface area contributed by atoms with Gasteiger partial charge in [-0.15, -0.1) is 0 Å². The van der Waals surface area contributed by atoms with Crippen LogP contribution in [0.2, 0.25) is 0 Å². The lowest BCUT2D eigenvalue weighted by atomic mass is 10.0. The number of piperidine rings is 1. The number of rotatable bonds is 3. The van der Waals surface area contributed by atoms with Crippen LogP contribution in [0.25, 0.3) is 0 Å². The smallest absolute Gasteiger partial charge is 0.340 e. The largest absolute Gasteiger partial charge is 0.465 e. The number of nitrogens with zero attached hydrogens (tertiary/aromatic N) is 1. The lowest BCUT2D eigenvalue weighted by Crippen LogP contribution is -2.37. The van der Waals surface area contributed by atoms with Gasteiger partial charge in [0.25, 0.3) is 0 Å². The molecule has 1 aliphatic heterocycles. The first kappa shape index (κ1) is 13.8. The summed E-state index contributed by atoms with van der Waals surface area (Å²) in [6, 6.07) is 4.47. The Hall–Kier alpha value is -1.62. The highest BCUT2D eigenvalue weighted by molar-refractivity contribution is 5.95. The van der Waals surface area contributed by atoms with Gasteiger partial charge in [-0.1, -0.05) is 0 Å². The van der Waals surface area contributed by atoms with E-state index in [1.165, 1.54) is 19.2 Å². The molecular weight excluding hydrogens is 247 g/mol. The molecule has 1 aliphatic rings. The van der Waals surface area contributed by atoms with Gasteiger partial charge >= 0.3 is 5.97 Å². The predicted molar refractivity (Wildman–Crippen MR) is 71.9 cm³/mol. The van der Waals surface area contributed by atoms with E-state index >= 15 is 0 Å². The molecular formula is C14H19FN2O2. The van der Waals surface area contributed by atoms with Crippen LogP contribution in [0.5, 0.6) is 0 Å². The Labute approximate surface area is 112 Å². The quantitative estimate of drug-likeness (QED) is 0.851. The van der Waals surface area contributed by atoms with Gasteiger partial charge in [0.2, 0.25) is 0 Å². The minimum absolute atomic E-state index is 0.251. The Kier molecular flexibility index (Phi) is 4.37. The molecule has 1 aromatic carbocycles. The van der Waals surface area contributed by atoms with Crippen molar-refractivity contribution in [3.8, 4) is 0 Å². The Bertz CT molecular complexity index is 457. The van der Waals surface area contributed by atoms with Crippen LogP contribution in [-0.2, 0) is 4.74 Å². The molecule has 0 saturated carbocycles. The maximum Gasteiger partial charge on any atom is 0.340 e. The maximum absolute atomic E-state index is 13.2. The van der Waals surface area contributed by atoms with Gasteiger partial charge in [-0.25, -0.2) is 9.18 Å². The number of hydrogen-bond donors (Lipinski definition) is 1. The van der Waals surface area contributed by atoms with Gasteiger partial charge in [-0.2, -0.15) is 0 Å². The number of nitrogens with one attached hydrogen (secondary N) is 1. The second-order valence-electron chi connectivity index (χ2n) is 4.90. The molecule has 0 amide bonds. The lowest BCUT2D eigenvalue weighted by Gasteiger charge is -2.30. The maximum atomic E-state index is 13.2. The molecule has 1 N–H and O–H groups in total. The molecule has 0 spiro atoms. The second-order valence-corrected chi connectivity index (χ2v) is 4.90. The molecule has 19 heavy (non-hydrogen) atoms. The standard InChI is InChI=1S/C14H19FN2O2/c1-17-7-5-11(6-8-17)16-13-4-3-10(15)9-12(13)14(18)19-2/h3-4,9,11,16H,5-8H2,1-2H3. The number of halogens is 1. The average Bonchev–Trinajstić information content (AvgIpc) is 2.42. The molecule has 0 unspecified atom stereocenters. The number of anilines is 1. The minimum atomic E-state index is -0.519. The van der Waals surface area contributed by atoms with Crippen molar-refractivity contribution in [3.05, 3.63) is 29.6 Å². The summed E-state index contributed by atoms with van der Waals surface area (Å²) in [5.41, 5.74) is 0.893. The summed E-state index contributed by atoms with van der Waals surface area (Å²) in [5.74, 6) is -0.954. The molecule has 5 heteroatoms. The number of carbonyl (C=O) groups excluding carboxylic acids is 1. The number of likely N-dealkylation sites (tertiary alicyclic amines) is 1. The first-order valence-electron chi connectivity index (χ1n) is 6.43. The zero-order valence-electron chi connectivity index (χ0n) is 11.3. The van der Waals surface area contributed by atoms with E-state index < -0.39 is 11.8 Å². The third-order valence-electron chi connectivity index (χ3n) is 3.47. The molecule has 1 aromatic rings. The van der Waals surface area contributed by atoms with Crippen molar-refractivity contribution in [2.75, 3.05) is 32.6 Å². The summed E-state index contributed by atoms with van der Waals surface area (Å²) in [4.78, 5) is 13.9. The number of ether oxygens (including phenoxy) is 1. The van der Waals surface area contributed by atoms with Crippen molar-refractivity contribution in [2.45, 2.75) is 18.9 Å². The van der Waals surface area contributed by atoms with Gasteiger partial charge in [0.1, 0.15) is 5.82 Å². The fourth-order valence-corrected chi connectivity index (χ4v) is 2.29. The Morgan fingerprint density at radius 1 is 1.42 bits per heavy atom. The molecule has 0 atom stereocenters. The Morgan fingerprint density at radius 2 is 2.11 bits per heavy atom. The number of carbonyl (C=O) groups is 1. The summed E-state index contributed by atoms with van der Waals surface area (Å²) >= 11 is 0. The topological polar surface area (TPSA) is 41.6 Å². The van der Waals surface area contributed by atoms with Crippen LogP contribution < -0.4 is 5.32 Å². The molecule has 104 valence electrons. The molecule has 4 nitrogen and oxygen atoms in total. The van der Waals surface area contributed by atoms with Gasteiger partial charge in [0, 0.05) is 11.7 Å². The number of esters is 1. The highest BCUT2D eigenvalue weighted by Crippen LogP contribution is 2.21. The number of methoxy groups -OCH3 is 1. The molecule has 0 aliphatic carbocycles. The van der Waals surface area contributed by atoms with E-state index in [2.05, 4.69) is 22.0 Å². The van der Waals surface area contributed by atoms with Crippen molar-refractivity contribution in [3.63, 3.8) is 0 Å². The highest BCUT2D eigenvalue weighted by atomic mass is 19.1. The fraction of sp³-hybridized carbons (Fsp3) is 0.500. The van der Waals surface area contributed by atoms with Crippen LogP contribution in [0.15, 0.2) is 18.2 Å². The van der Waals surface area contributed by atoms with Crippen LogP contribution in [-0.4, -0.2) is 44.2 Å². The van der Waals surface area contributed by atoms with Crippen molar-refractivity contribution in [2.24, 2.45) is 0 Å². The summed E-state index contributed by atoms with van der Waals surface area (Å²) in [6.45, 7) is 2.04. The zero-order chi connectivity index (χ0) is 13.8. The average molecular weight is 266 g/mol. The molecule has 1 fully saturated rings. The highest BCUT2D eigenvalue weighted by Gasteiger charge is 2.19. The number of hydrogen-bond acceptors (Lipinski definition) is 4. The van der Waals surface area contributed by atoms with E-state index in [0.717, 1.165) is 25.9 Å². The van der Waals surface area contributed by atoms with E-state index in [4.69, 9.17) is 0 Å². The predicted octanol–water partition coefficient (Wildman–Crippen LogP) is 2.12. The SMILES string of the molecule is COC(=O)c1cc(F)ccc1NC1CCN(C)CC1. The van der Waals surface area contributed by atoms with E-state index in [0.29, 0.717) is 11.7 Å². The molecule has 0 aromatic heterocycles. The van der Waals surface area contributed by atoms with Gasteiger partial charge < -0.3 is 15.0 Å². The van der Waals surface area contributed by atoms with E-state index in [9.17, 15) is 9.18 Å². The number of benzene rings is 1. The minimum Gasteiger partial charge on any atom is -0.465 e. The van der Waals surface area contributed by atoms with Gasteiger partial charge in [0.05, 0.1) is 12.7 Å². The second kappa shape index (κ2) is 6.02. The van der Waals surface area contributed by atoms with Gasteiger partial charge in [-0.05, 0) is 51.2 Å². The van der Waals surface area contributed by atoms with Crippen LogP contribution in [0, 0.1) is 5.82 Å². The van der Waals surface area contributed by atoms with Crippen LogP contribution in [0.1, 0.15) is 23.2 Å². The van der Waals surface area contributed by atoms with Crippen LogP contribution >= 0.6 is 0 Å². The molecule has 2 rings (SSSR count). The van der Waals surface area contributed by atoms with E-state index in [-0.39, 0.29) is 5.56 Å². The zero-order valence-corrected chi connectivity index (χ0v) is 11.3. The molecule has 1 heterocycles. The third kappa shape index (κ3) is 3.44. The first-order chi connectivity index (χ1) is 9.10. The fourth-order valence-electron chi connectivity index (χ4n) is 2.29. The van der Waals surface area contributed by atoms with E-state index in [1.807, 2.05) is 0 Å². The molecule has 0 radical (unpaired) electrons. The first-order valence-corrected chi connectivity index (χ1v) is 6.43. The molecule has 1 saturated heterocycles. The lowest BCUT2D eigenvalue weighted by molar-refractivity contribution is 0.0601. The Balaban J connectivity index is 2.13. The van der Waals surface area contributed by atoms with Crippen molar-refractivity contribution < 1.29 is 13.9 Å². The van der Waals surface area contributed by atoms with Crippen LogP contribution in [0.3, 0.4) is 0 Å². The van der Waals surface area contributed by atoms with Gasteiger partial charge in [-0.3, -0.25) is 0 Å². The summed E-state index contributed by atoms with van der Waals surface area (Å²) < 4.78 is 17.9. The molecule has 0 bridgehead atoms. The van der Waals surface area contributed by atoms with Gasteiger partial charge in [0.15, 0.2) is 0 Å². The van der Waals surface area contributed by atoms with Crippen molar-refractivity contribution in [1.29, 1.82) is 0 Å².